The number of carbonyl (C=O) groups excluding carboxylic acids is 1. The third kappa shape index (κ3) is 1.45. The first kappa shape index (κ1) is 11.3. The fourth-order valence-corrected chi connectivity index (χ4v) is 3.21. The standard InChI is InChI=1S/C12H14N2O4/c1-6-9(5-13-18-6)11(15)14-7-2-3-10(14)8(4-7)12(16)17/h5,7-8,10H,2-4H2,1H3,(H,16,17). The summed E-state index contributed by atoms with van der Waals surface area (Å²) in [5, 5.41) is 12.8. The average Bonchev–Trinajstić information content (AvgIpc) is 3.01. The summed E-state index contributed by atoms with van der Waals surface area (Å²) in [6.45, 7) is 1.69. The Morgan fingerprint density at radius 3 is 2.83 bits per heavy atom. The van der Waals surface area contributed by atoms with Gasteiger partial charge in [-0.15, -0.1) is 0 Å². The molecule has 0 saturated carbocycles. The molecule has 3 atom stereocenters. The number of nitrogens with zero attached hydrogens (tertiary/aromatic N) is 2. The average molecular weight is 250 g/mol. The van der Waals surface area contributed by atoms with Crippen molar-refractivity contribution in [1.29, 1.82) is 0 Å². The van der Waals surface area contributed by atoms with Crippen LogP contribution in [-0.2, 0) is 4.79 Å². The summed E-state index contributed by atoms with van der Waals surface area (Å²) in [5.41, 5.74) is 0.443. The van der Waals surface area contributed by atoms with Gasteiger partial charge in [-0.2, -0.15) is 0 Å². The third-order valence-corrected chi connectivity index (χ3v) is 4.07. The van der Waals surface area contributed by atoms with E-state index < -0.39 is 11.9 Å². The maximum atomic E-state index is 12.4. The fraction of sp³-hybridized carbons (Fsp3) is 0.583. The number of amides is 1. The Morgan fingerprint density at radius 2 is 2.28 bits per heavy atom. The Kier molecular flexibility index (Phi) is 2.39. The van der Waals surface area contributed by atoms with E-state index in [-0.39, 0.29) is 18.0 Å². The van der Waals surface area contributed by atoms with Gasteiger partial charge in [-0.25, -0.2) is 0 Å². The lowest BCUT2D eigenvalue weighted by Crippen LogP contribution is -2.37. The molecule has 1 aromatic heterocycles. The first-order valence-electron chi connectivity index (χ1n) is 6.06. The van der Waals surface area contributed by atoms with E-state index in [2.05, 4.69) is 5.16 Å². The molecule has 1 N–H and O–H groups in total. The Morgan fingerprint density at radius 1 is 1.50 bits per heavy atom. The highest BCUT2D eigenvalue weighted by molar-refractivity contribution is 5.96. The summed E-state index contributed by atoms with van der Waals surface area (Å²) < 4.78 is 4.90. The van der Waals surface area contributed by atoms with E-state index in [0.29, 0.717) is 17.7 Å². The predicted octanol–water partition coefficient (Wildman–Crippen LogP) is 1.06. The smallest absolute Gasteiger partial charge is 0.308 e. The molecule has 3 unspecified atom stereocenters. The molecule has 96 valence electrons. The number of hydrogen-bond acceptors (Lipinski definition) is 4. The van der Waals surface area contributed by atoms with Crippen molar-refractivity contribution >= 4 is 11.9 Å². The van der Waals surface area contributed by atoms with Crippen LogP contribution in [0.25, 0.3) is 0 Å². The van der Waals surface area contributed by atoms with Crippen LogP contribution in [0, 0.1) is 12.8 Å². The van der Waals surface area contributed by atoms with Crippen LogP contribution in [0.5, 0.6) is 0 Å². The second-order valence-corrected chi connectivity index (χ2v) is 4.99. The summed E-state index contributed by atoms with van der Waals surface area (Å²) in [6, 6.07) is -0.118. The van der Waals surface area contributed by atoms with E-state index in [4.69, 9.17) is 9.63 Å². The second kappa shape index (κ2) is 3.83. The molecule has 0 aliphatic carbocycles. The highest BCUT2D eigenvalue weighted by Gasteiger charge is 2.51. The van der Waals surface area contributed by atoms with Gasteiger partial charge in [-0.05, 0) is 26.2 Å². The van der Waals surface area contributed by atoms with Gasteiger partial charge < -0.3 is 14.5 Å². The fourth-order valence-electron chi connectivity index (χ4n) is 3.21. The third-order valence-electron chi connectivity index (χ3n) is 4.07. The van der Waals surface area contributed by atoms with Gasteiger partial charge in [0.05, 0.1) is 12.1 Å². The molecule has 1 amide bonds. The van der Waals surface area contributed by atoms with Crippen molar-refractivity contribution in [3.8, 4) is 0 Å². The number of aryl methyl sites for hydroxylation is 1. The molecule has 18 heavy (non-hydrogen) atoms. The van der Waals surface area contributed by atoms with E-state index in [9.17, 15) is 9.59 Å². The van der Waals surface area contributed by atoms with E-state index in [1.165, 1.54) is 6.20 Å². The minimum absolute atomic E-state index is 0.0536. The van der Waals surface area contributed by atoms with E-state index in [1.807, 2.05) is 0 Å². The van der Waals surface area contributed by atoms with Gasteiger partial charge in [0.15, 0.2) is 0 Å². The number of carbonyl (C=O) groups is 2. The number of aromatic nitrogens is 1. The lowest BCUT2D eigenvalue weighted by Gasteiger charge is -2.22. The Bertz CT molecular complexity index is 510. The first-order chi connectivity index (χ1) is 8.59. The lowest BCUT2D eigenvalue weighted by atomic mass is 9.89. The number of rotatable bonds is 2. The van der Waals surface area contributed by atoms with Gasteiger partial charge >= 0.3 is 5.97 Å². The quantitative estimate of drug-likeness (QED) is 0.848. The monoisotopic (exact) mass is 250 g/mol. The largest absolute Gasteiger partial charge is 0.481 e. The lowest BCUT2D eigenvalue weighted by molar-refractivity contribution is -0.142. The molecule has 0 aromatic carbocycles. The number of aliphatic carboxylic acids is 1. The molecule has 3 heterocycles. The first-order valence-corrected chi connectivity index (χ1v) is 6.06. The van der Waals surface area contributed by atoms with Crippen LogP contribution in [0.1, 0.15) is 35.4 Å². The van der Waals surface area contributed by atoms with Crippen molar-refractivity contribution in [2.45, 2.75) is 38.3 Å². The van der Waals surface area contributed by atoms with Crippen LogP contribution in [0.3, 0.4) is 0 Å². The molecule has 6 heteroatoms. The van der Waals surface area contributed by atoms with Gasteiger partial charge in [-0.3, -0.25) is 9.59 Å². The van der Waals surface area contributed by atoms with Crippen molar-refractivity contribution in [2.24, 2.45) is 5.92 Å². The maximum Gasteiger partial charge on any atom is 0.308 e. The van der Waals surface area contributed by atoms with Crippen LogP contribution < -0.4 is 0 Å². The molecule has 6 nitrogen and oxygen atoms in total. The Balaban J connectivity index is 1.88. The summed E-state index contributed by atoms with van der Waals surface area (Å²) in [5.74, 6) is -0.891. The number of fused-ring (bicyclic) bond motifs is 2. The van der Waals surface area contributed by atoms with E-state index in [1.54, 1.807) is 11.8 Å². The summed E-state index contributed by atoms with van der Waals surface area (Å²) >= 11 is 0. The highest BCUT2D eigenvalue weighted by atomic mass is 16.5. The van der Waals surface area contributed by atoms with E-state index in [0.717, 1.165) is 12.8 Å². The molecule has 2 bridgehead atoms. The van der Waals surface area contributed by atoms with Crippen LogP contribution in [-0.4, -0.2) is 39.1 Å². The maximum absolute atomic E-state index is 12.4. The molecule has 1 aromatic rings. The minimum atomic E-state index is -0.804. The molecule has 2 saturated heterocycles. The van der Waals surface area contributed by atoms with Gasteiger partial charge in [0.2, 0.25) is 0 Å². The SMILES string of the molecule is Cc1oncc1C(=O)N1C2CCC1C(C(=O)O)C2. The number of carboxylic acid groups (broad SMARTS) is 1. The van der Waals surface area contributed by atoms with Gasteiger partial charge in [-0.1, -0.05) is 5.16 Å². The van der Waals surface area contributed by atoms with Crippen molar-refractivity contribution in [2.75, 3.05) is 0 Å². The zero-order valence-electron chi connectivity index (χ0n) is 10.00. The van der Waals surface area contributed by atoms with Gasteiger partial charge in [0, 0.05) is 12.1 Å². The molecule has 2 aliphatic heterocycles. The van der Waals surface area contributed by atoms with Crippen LogP contribution >= 0.6 is 0 Å². The summed E-state index contributed by atoms with van der Waals surface area (Å²) in [4.78, 5) is 25.3. The molecular weight excluding hydrogens is 236 g/mol. The number of hydrogen-bond donors (Lipinski definition) is 1. The Hall–Kier alpha value is -1.85. The molecule has 0 spiro atoms. The van der Waals surface area contributed by atoms with Crippen molar-refractivity contribution in [1.82, 2.24) is 10.1 Å². The summed E-state index contributed by atoms with van der Waals surface area (Å²) in [7, 11) is 0. The van der Waals surface area contributed by atoms with E-state index >= 15 is 0 Å². The molecular formula is C12H14N2O4. The van der Waals surface area contributed by atoms with Crippen LogP contribution in [0.2, 0.25) is 0 Å². The number of carboxylic acids is 1. The summed E-state index contributed by atoms with van der Waals surface area (Å²) in [6.07, 6.45) is 3.64. The highest BCUT2D eigenvalue weighted by Crippen LogP contribution is 2.42. The molecule has 2 fully saturated rings. The Labute approximate surface area is 104 Å². The van der Waals surface area contributed by atoms with Crippen LogP contribution in [0.4, 0.5) is 0 Å². The zero-order chi connectivity index (χ0) is 12.9. The van der Waals surface area contributed by atoms with Crippen molar-refractivity contribution < 1.29 is 19.2 Å². The molecule has 3 rings (SSSR count). The van der Waals surface area contributed by atoms with Crippen LogP contribution in [0.15, 0.2) is 10.7 Å². The normalized spacial score (nSPS) is 29.8. The van der Waals surface area contributed by atoms with Gasteiger partial charge in [0.25, 0.3) is 5.91 Å². The topological polar surface area (TPSA) is 83.6 Å². The molecule has 2 aliphatic rings. The molecule has 0 radical (unpaired) electrons. The minimum Gasteiger partial charge on any atom is -0.481 e. The van der Waals surface area contributed by atoms with Crippen molar-refractivity contribution in [3.05, 3.63) is 17.5 Å². The van der Waals surface area contributed by atoms with Crippen molar-refractivity contribution in [3.63, 3.8) is 0 Å². The predicted molar refractivity (Wildman–Crippen MR) is 60.0 cm³/mol. The zero-order valence-corrected chi connectivity index (χ0v) is 10.00. The van der Waals surface area contributed by atoms with Gasteiger partial charge in [0.1, 0.15) is 11.3 Å². The second-order valence-electron chi connectivity index (χ2n) is 4.99.